The molecule has 2 aromatic carbocycles. The molecule has 132 valence electrons. The number of aromatic amines is 1. The SMILES string of the molecule is Cn1c(C2CN(C(=O)c3ccc(-c4ccccc4)cc3F)C2)n[nH]c1=O. The van der Waals surface area contributed by atoms with Gasteiger partial charge >= 0.3 is 5.69 Å². The van der Waals surface area contributed by atoms with Gasteiger partial charge < -0.3 is 4.90 Å². The van der Waals surface area contributed by atoms with Crippen LogP contribution in [0.25, 0.3) is 11.1 Å². The molecule has 0 saturated carbocycles. The number of amides is 1. The second-order valence-electron chi connectivity index (χ2n) is 6.41. The van der Waals surface area contributed by atoms with E-state index >= 15 is 0 Å². The zero-order valence-electron chi connectivity index (χ0n) is 14.1. The molecule has 0 spiro atoms. The van der Waals surface area contributed by atoms with Gasteiger partial charge in [0.2, 0.25) is 0 Å². The van der Waals surface area contributed by atoms with E-state index in [1.807, 2.05) is 30.3 Å². The first-order chi connectivity index (χ1) is 12.5. The van der Waals surface area contributed by atoms with Gasteiger partial charge in [-0.1, -0.05) is 36.4 Å². The first-order valence-electron chi connectivity index (χ1n) is 8.30. The van der Waals surface area contributed by atoms with E-state index in [0.717, 1.165) is 11.1 Å². The first kappa shape index (κ1) is 16.3. The summed E-state index contributed by atoms with van der Waals surface area (Å²) in [5, 5.41) is 6.37. The Kier molecular flexibility index (Phi) is 3.91. The van der Waals surface area contributed by atoms with E-state index in [0.29, 0.717) is 18.9 Å². The lowest BCUT2D eigenvalue weighted by Crippen LogP contribution is -2.49. The highest BCUT2D eigenvalue weighted by molar-refractivity contribution is 5.95. The molecule has 0 unspecified atom stereocenters. The minimum Gasteiger partial charge on any atom is -0.337 e. The maximum absolute atomic E-state index is 14.5. The Morgan fingerprint density at radius 2 is 1.88 bits per heavy atom. The second kappa shape index (κ2) is 6.25. The lowest BCUT2D eigenvalue weighted by Gasteiger charge is -2.38. The molecule has 0 bridgehead atoms. The largest absolute Gasteiger partial charge is 0.343 e. The maximum Gasteiger partial charge on any atom is 0.343 e. The third-order valence-corrected chi connectivity index (χ3v) is 4.75. The molecule has 0 aliphatic carbocycles. The van der Waals surface area contributed by atoms with Gasteiger partial charge in [-0.15, -0.1) is 0 Å². The van der Waals surface area contributed by atoms with Gasteiger partial charge in [-0.05, 0) is 23.3 Å². The molecule has 26 heavy (non-hydrogen) atoms. The Hall–Kier alpha value is -3.22. The minimum absolute atomic E-state index is 0.0189. The van der Waals surface area contributed by atoms with Crippen LogP contribution in [0.4, 0.5) is 4.39 Å². The number of rotatable bonds is 3. The fraction of sp³-hybridized carbons (Fsp3) is 0.211. The van der Waals surface area contributed by atoms with Crippen molar-refractivity contribution in [2.24, 2.45) is 7.05 Å². The second-order valence-corrected chi connectivity index (χ2v) is 6.41. The standard InChI is InChI=1S/C19H17FN4O2/c1-23-17(21-22-19(23)26)14-10-24(11-14)18(25)15-8-7-13(9-16(15)20)12-5-3-2-4-6-12/h2-9,14H,10-11H2,1H3,(H,22,26). The molecule has 2 heterocycles. The molecule has 1 N–H and O–H groups in total. The molecule has 1 amide bonds. The van der Waals surface area contributed by atoms with Gasteiger partial charge in [0.05, 0.1) is 11.5 Å². The van der Waals surface area contributed by atoms with E-state index < -0.39 is 5.82 Å². The van der Waals surface area contributed by atoms with Crippen LogP contribution in [0.1, 0.15) is 22.1 Å². The number of hydrogen-bond acceptors (Lipinski definition) is 3. The van der Waals surface area contributed by atoms with E-state index in [9.17, 15) is 14.0 Å². The molecular weight excluding hydrogens is 335 g/mol. The van der Waals surface area contributed by atoms with Crippen LogP contribution in [0.2, 0.25) is 0 Å². The highest BCUT2D eigenvalue weighted by atomic mass is 19.1. The molecule has 0 radical (unpaired) electrons. The number of halogens is 1. The zero-order chi connectivity index (χ0) is 18.3. The summed E-state index contributed by atoms with van der Waals surface area (Å²) in [6.45, 7) is 0.827. The van der Waals surface area contributed by atoms with Crippen LogP contribution in [0.5, 0.6) is 0 Å². The summed E-state index contributed by atoms with van der Waals surface area (Å²) in [6, 6.07) is 14.1. The van der Waals surface area contributed by atoms with Crippen LogP contribution in [-0.2, 0) is 7.05 Å². The molecule has 1 saturated heterocycles. The number of nitrogens with one attached hydrogen (secondary N) is 1. The molecular formula is C19H17FN4O2. The third-order valence-electron chi connectivity index (χ3n) is 4.75. The van der Waals surface area contributed by atoms with Gasteiger partial charge in [0.1, 0.15) is 11.6 Å². The summed E-state index contributed by atoms with van der Waals surface area (Å²) in [6.07, 6.45) is 0. The van der Waals surface area contributed by atoms with E-state index in [4.69, 9.17) is 0 Å². The normalized spacial score (nSPS) is 14.3. The summed E-state index contributed by atoms with van der Waals surface area (Å²) in [5.41, 5.74) is 1.40. The highest BCUT2D eigenvalue weighted by Crippen LogP contribution is 2.28. The van der Waals surface area contributed by atoms with Gasteiger partial charge in [0.15, 0.2) is 0 Å². The summed E-state index contributed by atoms with van der Waals surface area (Å²) >= 11 is 0. The van der Waals surface area contributed by atoms with Crippen molar-refractivity contribution >= 4 is 5.91 Å². The monoisotopic (exact) mass is 352 g/mol. The average Bonchev–Trinajstić information content (AvgIpc) is 2.93. The van der Waals surface area contributed by atoms with Crippen molar-refractivity contribution in [3.05, 3.63) is 76.2 Å². The molecule has 1 aliphatic rings. The lowest BCUT2D eigenvalue weighted by atomic mass is 9.97. The molecule has 4 rings (SSSR count). The number of carbonyl (C=O) groups excluding carboxylic acids is 1. The molecule has 1 fully saturated rings. The Bertz CT molecular complexity index is 1020. The maximum atomic E-state index is 14.5. The van der Waals surface area contributed by atoms with Crippen molar-refractivity contribution in [2.75, 3.05) is 13.1 Å². The highest BCUT2D eigenvalue weighted by Gasteiger charge is 2.36. The molecule has 3 aromatic rings. The van der Waals surface area contributed by atoms with Crippen LogP contribution in [0, 0.1) is 5.82 Å². The Labute approximate surface area is 148 Å². The minimum atomic E-state index is -0.535. The zero-order valence-corrected chi connectivity index (χ0v) is 14.1. The summed E-state index contributed by atoms with van der Waals surface area (Å²) in [7, 11) is 1.63. The van der Waals surface area contributed by atoms with E-state index in [1.165, 1.54) is 16.7 Å². The van der Waals surface area contributed by atoms with Crippen LogP contribution in [-0.4, -0.2) is 38.7 Å². The molecule has 1 aromatic heterocycles. The average molecular weight is 352 g/mol. The molecule has 1 aliphatic heterocycles. The predicted molar refractivity (Wildman–Crippen MR) is 94.3 cm³/mol. The number of hydrogen-bond donors (Lipinski definition) is 1. The third kappa shape index (κ3) is 2.71. The predicted octanol–water partition coefficient (Wildman–Crippen LogP) is 2.15. The molecule has 7 heteroatoms. The van der Waals surface area contributed by atoms with Crippen LogP contribution in [0.15, 0.2) is 53.3 Å². The van der Waals surface area contributed by atoms with E-state index in [1.54, 1.807) is 18.0 Å². The Balaban J connectivity index is 1.49. The summed E-state index contributed by atoms with van der Waals surface area (Å²) in [4.78, 5) is 25.5. The topological polar surface area (TPSA) is 71.0 Å². The number of nitrogens with zero attached hydrogens (tertiary/aromatic N) is 3. The van der Waals surface area contributed by atoms with Crippen LogP contribution in [0.3, 0.4) is 0 Å². The quantitative estimate of drug-likeness (QED) is 0.785. The van der Waals surface area contributed by atoms with Crippen molar-refractivity contribution in [3.63, 3.8) is 0 Å². The van der Waals surface area contributed by atoms with Crippen molar-refractivity contribution in [1.82, 2.24) is 19.7 Å². The lowest BCUT2D eigenvalue weighted by molar-refractivity contribution is 0.0586. The van der Waals surface area contributed by atoms with Crippen LogP contribution < -0.4 is 5.69 Å². The van der Waals surface area contributed by atoms with E-state index in [-0.39, 0.29) is 23.1 Å². The fourth-order valence-corrected chi connectivity index (χ4v) is 3.20. The number of carbonyl (C=O) groups is 1. The fourth-order valence-electron chi connectivity index (χ4n) is 3.20. The van der Waals surface area contributed by atoms with Crippen molar-refractivity contribution in [1.29, 1.82) is 0 Å². The molecule has 6 nitrogen and oxygen atoms in total. The van der Waals surface area contributed by atoms with Gasteiger partial charge in [-0.2, -0.15) is 5.10 Å². The number of aromatic nitrogens is 3. The van der Waals surface area contributed by atoms with Gasteiger partial charge in [0.25, 0.3) is 5.91 Å². The molecule has 0 atom stereocenters. The number of benzene rings is 2. The summed E-state index contributed by atoms with van der Waals surface area (Å²) in [5.74, 6) is -0.292. The van der Waals surface area contributed by atoms with Crippen molar-refractivity contribution < 1.29 is 9.18 Å². The van der Waals surface area contributed by atoms with E-state index in [2.05, 4.69) is 10.2 Å². The first-order valence-corrected chi connectivity index (χ1v) is 8.30. The summed E-state index contributed by atoms with van der Waals surface area (Å²) < 4.78 is 15.9. The van der Waals surface area contributed by atoms with Crippen molar-refractivity contribution in [3.8, 4) is 11.1 Å². The smallest absolute Gasteiger partial charge is 0.337 e. The van der Waals surface area contributed by atoms with Crippen LogP contribution >= 0.6 is 0 Å². The Morgan fingerprint density at radius 1 is 1.15 bits per heavy atom. The van der Waals surface area contributed by atoms with Crippen molar-refractivity contribution in [2.45, 2.75) is 5.92 Å². The Morgan fingerprint density at radius 3 is 2.50 bits per heavy atom. The van der Waals surface area contributed by atoms with Gasteiger partial charge in [-0.3, -0.25) is 9.36 Å². The van der Waals surface area contributed by atoms with Gasteiger partial charge in [0, 0.05) is 20.1 Å². The number of likely N-dealkylation sites (tertiary alicyclic amines) is 1. The van der Waals surface area contributed by atoms with Gasteiger partial charge in [-0.25, -0.2) is 14.3 Å². The number of H-pyrrole nitrogens is 1.